The van der Waals surface area contributed by atoms with Crippen LogP contribution < -0.4 is 11.1 Å². The number of carbonyl (C=O) groups is 2. The van der Waals surface area contributed by atoms with Crippen LogP contribution in [0.3, 0.4) is 0 Å². The minimum absolute atomic E-state index is 0.00532. The Kier molecular flexibility index (Phi) is 5.55. The Morgan fingerprint density at radius 1 is 1.18 bits per heavy atom. The molecule has 2 amide bonds. The van der Waals surface area contributed by atoms with Crippen LogP contribution in [-0.2, 0) is 12.7 Å². The summed E-state index contributed by atoms with van der Waals surface area (Å²) >= 11 is 0. The second kappa shape index (κ2) is 8.24. The number of nitrogens with zero attached hydrogens (tertiary/aromatic N) is 4. The number of nitrogens with two attached hydrogens (primary N) is 1. The average Bonchev–Trinajstić information content (AvgIpc) is 3.30. The van der Waals surface area contributed by atoms with Crippen LogP contribution in [0.4, 0.5) is 23.2 Å². The fraction of sp³-hybridized carbons (Fsp3) is 0.190. The van der Waals surface area contributed by atoms with Gasteiger partial charge in [-0.15, -0.1) is 0 Å². The number of benzene rings is 1. The number of carbonyl (C=O) groups excluding carboxylic acids is 2. The van der Waals surface area contributed by atoms with Gasteiger partial charge in [-0.05, 0) is 32.0 Å². The van der Waals surface area contributed by atoms with Crippen LogP contribution in [0.15, 0.2) is 34.9 Å². The molecule has 0 saturated carbocycles. The van der Waals surface area contributed by atoms with Crippen LogP contribution in [-0.4, -0.2) is 31.7 Å². The average molecular weight is 476 g/mol. The lowest BCUT2D eigenvalue weighted by atomic mass is 10.1. The maximum atomic E-state index is 13.7. The quantitative estimate of drug-likeness (QED) is 0.424. The van der Waals surface area contributed by atoms with Gasteiger partial charge in [-0.2, -0.15) is 18.3 Å². The first-order valence-electron chi connectivity index (χ1n) is 9.72. The molecule has 0 atom stereocenters. The van der Waals surface area contributed by atoms with Crippen LogP contribution in [0.1, 0.15) is 43.7 Å². The first kappa shape index (κ1) is 22.9. The number of amides is 2. The van der Waals surface area contributed by atoms with Gasteiger partial charge in [0.15, 0.2) is 11.5 Å². The van der Waals surface area contributed by atoms with E-state index in [0.717, 1.165) is 22.9 Å². The van der Waals surface area contributed by atoms with Gasteiger partial charge >= 0.3 is 6.18 Å². The van der Waals surface area contributed by atoms with E-state index in [1.165, 1.54) is 13.0 Å². The van der Waals surface area contributed by atoms with E-state index in [9.17, 15) is 27.2 Å². The van der Waals surface area contributed by atoms with Crippen molar-refractivity contribution in [2.75, 3.05) is 5.32 Å². The van der Waals surface area contributed by atoms with E-state index >= 15 is 0 Å². The van der Waals surface area contributed by atoms with Gasteiger partial charge in [-0.3, -0.25) is 14.3 Å². The lowest BCUT2D eigenvalue weighted by Crippen LogP contribution is -2.19. The summed E-state index contributed by atoms with van der Waals surface area (Å²) in [6.45, 7) is 2.84. The summed E-state index contributed by atoms with van der Waals surface area (Å²) in [5, 5.41) is 9.63. The van der Waals surface area contributed by atoms with Gasteiger partial charge in [-0.1, -0.05) is 5.16 Å². The van der Waals surface area contributed by atoms with E-state index in [1.807, 2.05) is 0 Å². The molecule has 3 aromatic heterocycles. The molecule has 34 heavy (non-hydrogen) atoms. The van der Waals surface area contributed by atoms with Gasteiger partial charge in [0.2, 0.25) is 0 Å². The van der Waals surface area contributed by atoms with Crippen LogP contribution in [0.25, 0.3) is 10.9 Å². The normalized spacial score (nSPS) is 11.7. The Bertz CT molecular complexity index is 1440. The molecule has 0 unspecified atom stereocenters. The number of fused-ring (bicyclic) bond motifs is 1. The predicted octanol–water partition coefficient (Wildman–Crippen LogP) is 3.59. The molecule has 9 nitrogen and oxygen atoms in total. The number of hydrogen-bond acceptors (Lipinski definition) is 6. The number of aryl methyl sites for hydroxylation is 1. The molecular formula is C21H16F4N6O3. The van der Waals surface area contributed by atoms with Crippen molar-refractivity contribution in [2.24, 2.45) is 5.73 Å². The maximum absolute atomic E-state index is 13.7. The van der Waals surface area contributed by atoms with Crippen molar-refractivity contribution in [3.05, 3.63) is 70.2 Å². The number of alkyl halides is 3. The molecule has 0 saturated heterocycles. The van der Waals surface area contributed by atoms with E-state index in [0.29, 0.717) is 5.69 Å². The van der Waals surface area contributed by atoms with Gasteiger partial charge in [0.25, 0.3) is 11.8 Å². The molecule has 0 aliphatic carbocycles. The largest absolute Gasteiger partial charge is 0.437 e. The first-order valence-corrected chi connectivity index (χ1v) is 9.72. The molecule has 3 heterocycles. The standard InChI is InChI=1S/C21H16F4N6O3/c1-9-5-12(34-30-9)8-31-10(2)17(18(29-31)21(23,24)25)28-20(33)14-7-16(19(26)32)27-15-6-11(22)3-4-13(14)15/h3-7H,8H2,1-2H3,(H2,26,32)(H,28,33). The Hall–Kier alpha value is -4.29. The monoisotopic (exact) mass is 476 g/mol. The SMILES string of the molecule is Cc1cc(Cn2nc(C(F)(F)F)c(NC(=O)c3cc(C(N)=O)nc4cc(F)ccc34)c2C)on1. The number of anilines is 1. The summed E-state index contributed by atoms with van der Waals surface area (Å²) in [6.07, 6.45) is -4.89. The molecule has 0 aliphatic rings. The number of pyridine rings is 1. The third-order valence-corrected chi connectivity index (χ3v) is 4.96. The zero-order valence-corrected chi connectivity index (χ0v) is 17.7. The smallest absolute Gasteiger partial charge is 0.364 e. The number of primary amides is 1. The predicted molar refractivity (Wildman–Crippen MR) is 110 cm³/mol. The van der Waals surface area contributed by atoms with Crippen LogP contribution >= 0.6 is 0 Å². The van der Waals surface area contributed by atoms with Crippen molar-refractivity contribution >= 4 is 28.4 Å². The summed E-state index contributed by atoms with van der Waals surface area (Å²) in [5.41, 5.74) is 3.23. The number of nitrogens with one attached hydrogen (secondary N) is 1. The Labute approximate surface area is 188 Å². The second-order valence-corrected chi connectivity index (χ2v) is 7.43. The van der Waals surface area contributed by atoms with Gasteiger partial charge in [0, 0.05) is 17.5 Å². The minimum atomic E-state index is -4.89. The second-order valence-electron chi connectivity index (χ2n) is 7.43. The van der Waals surface area contributed by atoms with E-state index in [4.69, 9.17) is 10.3 Å². The number of hydrogen-bond donors (Lipinski definition) is 2. The summed E-state index contributed by atoms with van der Waals surface area (Å²) in [5.74, 6) is -2.41. The summed E-state index contributed by atoms with van der Waals surface area (Å²) in [4.78, 5) is 28.6. The minimum Gasteiger partial charge on any atom is -0.364 e. The zero-order valence-electron chi connectivity index (χ0n) is 17.7. The number of halogens is 4. The topological polar surface area (TPSA) is 129 Å². The van der Waals surface area contributed by atoms with E-state index in [2.05, 4.69) is 20.6 Å². The van der Waals surface area contributed by atoms with Crippen LogP contribution in [0, 0.1) is 19.7 Å². The highest BCUT2D eigenvalue weighted by atomic mass is 19.4. The van der Waals surface area contributed by atoms with E-state index < -0.39 is 35.2 Å². The fourth-order valence-corrected chi connectivity index (χ4v) is 3.38. The van der Waals surface area contributed by atoms with Gasteiger partial charge in [0.05, 0.1) is 28.2 Å². The van der Waals surface area contributed by atoms with Crippen molar-refractivity contribution in [1.82, 2.24) is 19.9 Å². The highest BCUT2D eigenvalue weighted by molar-refractivity contribution is 6.14. The highest BCUT2D eigenvalue weighted by Gasteiger charge is 2.39. The number of rotatable bonds is 5. The Morgan fingerprint density at radius 3 is 2.53 bits per heavy atom. The Balaban J connectivity index is 1.78. The molecular weight excluding hydrogens is 460 g/mol. The van der Waals surface area contributed by atoms with E-state index in [-0.39, 0.29) is 40.2 Å². The summed E-state index contributed by atoms with van der Waals surface area (Å²) in [7, 11) is 0. The molecule has 0 radical (unpaired) electrons. The van der Waals surface area contributed by atoms with Crippen molar-refractivity contribution in [3.8, 4) is 0 Å². The molecule has 13 heteroatoms. The third kappa shape index (κ3) is 4.31. The van der Waals surface area contributed by atoms with Crippen LogP contribution in [0.5, 0.6) is 0 Å². The van der Waals surface area contributed by atoms with Crippen LogP contribution in [0.2, 0.25) is 0 Å². The molecule has 4 aromatic rings. The van der Waals surface area contributed by atoms with Gasteiger partial charge in [0.1, 0.15) is 18.1 Å². The fourth-order valence-electron chi connectivity index (χ4n) is 3.38. The van der Waals surface area contributed by atoms with Crippen molar-refractivity contribution in [1.29, 1.82) is 0 Å². The first-order chi connectivity index (χ1) is 15.9. The number of aromatic nitrogens is 4. The van der Waals surface area contributed by atoms with Gasteiger partial charge in [-0.25, -0.2) is 9.37 Å². The lowest BCUT2D eigenvalue weighted by molar-refractivity contribution is -0.140. The summed E-state index contributed by atoms with van der Waals surface area (Å²) in [6, 6.07) is 5.82. The molecule has 176 valence electrons. The van der Waals surface area contributed by atoms with Gasteiger partial charge < -0.3 is 15.6 Å². The molecule has 4 rings (SSSR count). The third-order valence-electron chi connectivity index (χ3n) is 4.96. The maximum Gasteiger partial charge on any atom is 0.437 e. The van der Waals surface area contributed by atoms with Crippen molar-refractivity contribution in [3.63, 3.8) is 0 Å². The molecule has 1 aromatic carbocycles. The Morgan fingerprint density at radius 2 is 1.91 bits per heavy atom. The molecule has 3 N–H and O–H groups in total. The molecule has 0 spiro atoms. The highest BCUT2D eigenvalue weighted by Crippen LogP contribution is 2.36. The van der Waals surface area contributed by atoms with Crippen molar-refractivity contribution < 1.29 is 31.7 Å². The molecule has 0 aliphatic heterocycles. The van der Waals surface area contributed by atoms with E-state index in [1.54, 1.807) is 13.0 Å². The summed E-state index contributed by atoms with van der Waals surface area (Å²) < 4.78 is 60.9. The molecule has 0 bridgehead atoms. The lowest BCUT2D eigenvalue weighted by Gasteiger charge is -2.11. The van der Waals surface area contributed by atoms with Crippen molar-refractivity contribution in [2.45, 2.75) is 26.6 Å². The molecule has 0 fully saturated rings. The zero-order chi connectivity index (χ0) is 24.8.